The Hall–Kier alpha value is -2.54. The Morgan fingerprint density at radius 2 is 1.86 bits per heavy atom. The molecule has 0 aliphatic carbocycles. The molecule has 2 heterocycles. The molecule has 0 unspecified atom stereocenters. The van der Waals surface area contributed by atoms with Crippen LogP contribution < -0.4 is 18.9 Å². The van der Waals surface area contributed by atoms with Gasteiger partial charge in [0, 0.05) is 0 Å². The fourth-order valence-electron chi connectivity index (χ4n) is 1.90. The largest absolute Gasteiger partial charge is 0.481 e. The van der Waals surface area contributed by atoms with Crippen molar-refractivity contribution in [3.8, 4) is 29.3 Å². The van der Waals surface area contributed by atoms with Crippen LogP contribution in [0.5, 0.6) is 29.3 Å². The summed E-state index contributed by atoms with van der Waals surface area (Å²) >= 11 is 0. The van der Waals surface area contributed by atoms with Crippen LogP contribution in [0.1, 0.15) is 5.56 Å². The molecule has 7 heteroatoms. The molecule has 0 bridgehead atoms. The van der Waals surface area contributed by atoms with Gasteiger partial charge in [-0.1, -0.05) is 6.07 Å². The van der Waals surface area contributed by atoms with Gasteiger partial charge in [0.2, 0.25) is 11.8 Å². The third-order valence-corrected chi connectivity index (χ3v) is 2.91. The van der Waals surface area contributed by atoms with E-state index in [4.69, 9.17) is 23.7 Å². The van der Waals surface area contributed by atoms with E-state index in [9.17, 15) is 0 Å². The van der Waals surface area contributed by atoms with Crippen molar-refractivity contribution in [2.75, 3.05) is 21.0 Å². The average Bonchev–Trinajstić information content (AvgIpc) is 2.55. The minimum Gasteiger partial charge on any atom is -0.481 e. The standard InChI is InChI=1S/C14H14N2O5/c1-17-12-6-13(18-2)16-14(15-12)21-11-5-3-4-10-9(11)7-19-8-20-10/h3-6H,7-8H2,1-2H3. The Bertz CT molecular complexity index is 625. The van der Waals surface area contributed by atoms with Gasteiger partial charge >= 0.3 is 6.01 Å². The topological polar surface area (TPSA) is 71.9 Å². The molecule has 1 aliphatic rings. The summed E-state index contributed by atoms with van der Waals surface area (Å²) in [6.07, 6.45) is 0. The number of hydrogen-bond donors (Lipinski definition) is 0. The Labute approximate surface area is 121 Å². The summed E-state index contributed by atoms with van der Waals surface area (Å²) in [6, 6.07) is 7.19. The van der Waals surface area contributed by atoms with E-state index in [2.05, 4.69) is 9.97 Å². The molecule has 21 heavy (non-hydrogen) atoms. The van der Waals surface area contributed by atoms with Crippen LogP contribution in [-0.4, -0.2) is 31.0 Å². The number of fused-ring (bicyclic) bond motifs is 1. The Balaban J connectivity index is 1.93. The van der Waals surface area contributed by atoms with Crippen molar-refractivity contribution < 1.29 is 23.7 Å². The van der Waals surface area contributed by atoms with E-state index in [1.807, 2.05) is 12.1 Å². The first-order chi connectivity index (χ1) is 10.3. The van der Waals surface area contributed by atoms with Gasteiger partial charge in [0.05, 0.1) is 32.5 Å². The van der Waals surface area contributed by atoms with E-state index < -0.39 is 0 Å². The van der Waals surface area contributed by atoms with E-state index in [1.54, 1.807) is 12.1 Å². The molecule has 0 spiro atoms. The van der Waals surface area contributed by atoms with Crippen molar-refractivity contribution in [1.82, 2.24) is 9.97 Å². The van der Waals surface area contributed by atoms with E-state index in [0.29, 0.717) is 24.1 Å². The van der Waals surface area contributed by atoms with Crippen LogP contribution in [0.25, 0.3) is 0 Å². The van der Waals surface area contributed by atoms with Crippen LogP contribution in [0, 0.1) is 0 Å². The highest BCUT2D eigenvalue weighted by Crippen LogP contribution is 2.34. The first-order valence-electron chi connectivity index (χ1n) is 6.27. The Kier molecular flexibility index (Phi) is 3.74. The highest BCUT2D eigenvalue weighted by atomic mass is 16.7. The number of rotatable bonds is 4. The van der Waals surface area contributed by atoms with Gasteiger partial charge in [-0.15, -0.1) is 0 Å². The smallest absolute Gasteiger partial charge is 0.328 e. The predicted molar refractivity (Wildman–Crippen MR) is 71.9 cm³/mol. The lowest BCUT2D eigenvalue weighted by Crippen LogP contribution is -2.12. The molecular weight excluding hydrogens is 276 g/mol. The highest BCUT2D eigenvalue weighted by molar-refractivity contribution is 5.46. The van der Waals surface area contributed by atoms with Crippen LogP contribution in [0.3, 0.4) is 0 Å². The summed E-state index contributed by atoms with van der Waals surface area (Å²) in [5, 5.41) is 0. The third kappa shape index (κ3) is 2.82. The monoisotopic (exact) mass is 290 g/mol. The number of ether oxygens (including phenoxy) is 5. The van der Waals surface area contributed by atoms with E-state index in [-0.39, 0.29) is 12.8 Å². The van der Waals surface area contributed by atoms with Crippen molar-refractivity contribution in [3.63, 3.8) is 0 Å². The minimum atomic E-state index is 0.130. The van der Waals surface area contributed by atoms with Gasteiger partial charge in [-0.3, -0.25) is 0 Å². The average molecular weight is 290 g/mol. The summed E-state index contributed by atoms with van der Waals surface area (Å²) in [4.78, 5) is 8.25. The maximum atomic E-state index is 5.72. The van der Waals surface area contributed by atoms with Gasteiger partial charge < -0.3 is 23.7 Å². The SMILES string of the molecule is COc1cc(OC)nc(Oc2cccc3c2COCO3)n1. The lowest BCUT2D eigenvalue weighted by molar-refractivity contribution is -0.0173. The number of benzene rings is 1. The molecule has 3 rings (SSSR count). The zero-order chi connectivity index (χ0) is 14.7. The molecule has 1 aromatic heterocycles. The highest BCUT2D eigenvalue weighted by Gasteiger charge is 2.17. The quantitative estimate of drug-likeness (QED) is 0.854. The summed E-state index contributed by atoms with van der Waals surface area (Å²) in [5.74, 6) is 2.01. The van der Waals surface area contributed by atoms with Crippen LogP contribution in [0.2, 0.25) is 0 Å². The van der Waals surface area contributed by atoms with Crippen molar-refractivity contribution in [2.24, 2.45) is 0 Å². The molecule has 0 N–H and O–H groups in total. The van der Waals surface area contributed by atoms with Crippen LogP contribution in [0.4, 0.5) is 0 Å². The maximum Gasteiger partial charge on any atom is 0.328 e. The second-order valence-corrected chi connectivity index (χ2v) is 4.18. The van der Waals surface area contributed by atoms with Gasteiger partial charge in [-0.05, 0) is 12.1 Å². The Morgan fingerprint density at radius 1 is 1.10 bits per heavy atom. The second kappa shape index (κ2) is 5.84. The predicted octanol–water partition coefficient (Wildman–Crippen LogP) is 2.15. The third-order valence-electron chi connectivity index (χ3n) is 2.91. The van der Waals surface area contributed by atoms with Gasteiger partial charge in [-0.2, -0.15) is 9.97 Å². The maximum absolute atomic E-state index is 5.72. The van der Waals surface area contributed by atoms with Crippen molar-refractivity contribution >= 4 is 0 Å². The number of methoxy groups -OCH3 is 2. The Morgan fingerprint density at radius 3 is 2.57 bits per heavy atom. The zero-order valence-electron chi connectivity index (χ0n) is 11.7. The molecule has 0 radical (unpaired) electrons. The number of hydrogen-bond acceptors (Lipinski definition) is 7. The fraction of sp³-hybridized carbons (Fsp3) is 0.286. The summed E-state index contributed by atoms with van der Waals surface area (Å²) in [5.41, 5.74) is 0.814. The summed E-state index contributed by atoms with van der Waals surface area (Å²) < 4.78 is 26.6. The molecule has 2 aromatic rings. The second-order valence-electron chi connectivity index (χ2n) is 4.18. The molecule has 110 valence electrons. The van der Waals surface area contributed by atoms with Gasteiger partial charge in [0.15, 0.2) is 6.79 Å². The number of nitrogens with zero attached hydrogens (tertiary/aromatic N) is 2. The van der Waals surface area contributed by atoms with Crippen LogP contribution in [-0.2, 0) is 11.3 Å². The molecule has 7 nitrogen and oxygen atoms in total. The first kappa shape index (κ1) is 13.4. The lowest BCUT2D eigenvalue weighted by atomic mass is 10.2. The number of aromatic nitrogens is 2. The van der Waals surface area contributed by atoms with Crippen molar-refractivity contribution in [3.05, 3.63) is 29.8 Å². The molecule has 0 fully saturated rings. The van der Waals surface area contributed by atoms with Gasteiger partial charge in [0.1, 0.15) is 11.5 Å². The summed E-state index contributed by atoms with van der Waals surface area (Å²) in [7, 11) is 3.02. The minimum absolute atomic E-state index is 0.130. The molecule has 0 saturated carbocycles. The van der Waals surface area contributed by atoms with Crippen molar-refractivity contribution in [2.45, 2.75) is 6.61 Å². The normalized spacial score (nSPS) is 13.0. The van der Waals surface area contributed by atoms with Crippen molar-refractivity contribution in [1.29, 1.82) is 0 Å². The van der Waals surface area contributed by atoms with E-state index >= 15 is 0 Å². The molecule has 0 saturated heterocycles. The van der Waals surface area contributed by atoms with Gasteiger partial charge in [0.25, 0.3) is 0 Å². The first-order valence-corrected chi connectivity index (χ1v) is 6.27. The molecule has 0 amide bonds. The zero-order valence-corrected chi connectivity index (χ0v) is 11.7. The van der Waals surface area contributed by atoms with Crippen LogP contribution in [0.15, 0.2) is 24.3 Å². The van der Waals surface area contributed by atoms with E-state index in [0.717, 1.165) is 11.3 Å². The molecule has 1 aromatic carbocycles. The lowest BCUT2D eigenvalue weighted by Gasteiger charge is -2.19. The van der Waals surface area contributed by atoms with Gasteiger partial charge in [-0.25, -0.2) is 0 Å². The fourth-order valence-corrected chi connectivity index (χ4v) is 1.90. The molecule has 1 aliphatic heterocycles. The summed E-state index contributed by atoms with van der Waals surface area (Å²) in [6.45, 7) is 0.645. The van der Waals surface area contributed by atoms with E-state index in [1.165, 1.54) is 14.2 Å². The molecular formula is C14H14N2O5. The van der Waals surface area contributed by atoms with Crippen LogP contribution >= 0.6 is 0 Å². The molecule has 0 atom stereocenters.